The summed E-state index contributed by atoms with van der Waals surface area (Å²) >= 11 is 6.02. The Labute approximate surface area is 316 Å². The number of nitrogens with two attached hydrogens (primary N) is 1. The molecule has 14 nitrogen and oxygen atoms in total. The molecule has 4 aromatic heterocycles. The number of halogens is 1. The third kappa shape index (κ3) is 12.5. The summed E-state index contributed by atoms with van der Waals surface area (Å²) in [5.74, 6) is 0.760. The quantitative estimate of drug-likeness (QED) is 0.0882. The van der Waals surface area contributed by atoms with Gasteiger partial charge in [0.05, 0.1) is 74.2 Å². The van der Waals surface area contributed by atoms with Crippen LogP contribution in [-0.2, 0) is 18.9 Å². The molecule has 0 fully saturated rings. The molecule has 0 aliphatic heterocycles. The number of anilines is 1. The summed E-state index contributed by atoms with van der Waals surface area (Å²) in [6.07, 6.45) is 7.55. The number of benzene rings is 2. The first kappa shape index (κ1) is 41.2. The molecule has 0 atom stereocenters. The fraction of sp³-hybridized carbons (Fsp3) is 0.421. The monoisotopic (exact) mass is 746 g/mol. The number of fused-ring (bicyclic) bond motifs is 2. The van der Waals surface area contributed by atoms with E-state index in [4.69, 9.17) is 36.3 Å². The van der Waals surface area contributed by atoms with Crippen molar-refractivity contribution in [3.05, 3.63) is 88.9 Å². The van der Waals surface area contributed by atoms with Gasteiger partial charge in [-0.2, -0.15) is 10.2 Å². The average Bonchev–Trinajstić information content (AvgIpc) is 3.77. The van der Waals surface area contributed by atoms with E-state index in [1.165, 1.54) is 28.6 Å². The molecule has 0 amide bonds. The van der Waals surface area contributed by atoms with Gasteiger partial charge in [-0.15, -0.1) is 0 Å². The zero-order valence-corrected chi connectivity index (χ0v) is 32.3. The molecule has 0 aliphatic carbocycles. The molecule has 0 saturated carbocycles. The molecular formula is C38H51ClN10O4. The maximum atomic E-state index is 6.02. The van der Waals surface area contributed by atoms with E-state index in [0.29, 0.717) is 57.9 Å². The summed E-state index contributed by atoms with van der Waals surface area (Å²) in [6.45, 7) is 16.2. The highest BCUT2D eigenvalue weighted by Crippen LogP contribution is 2.24. The van der Waals surface area contributed by atoms with Gasteiger partial charge in [0.2, 0.25) is 0 Å². The van der Waals surface area contributed by atoms with Gasteiger partial charge in [-0.1, -0.05) is 30.7 Å². The van der Waals surface area contributed by atoms with Crippen LogP contribution in [0.15, 0.2) is 61.4 Å². The van der Waals surface area contributed by atoms with Crippen molar-refractivity contribution < 1.29 is 18.9 Å². The van der Waals surface area contributed by atoms with E-state index < -0.39 is 0 Å². The van der Waals surface area contributed by atoms with Gasteiger partial charge >= 0.3 is 0 Å². The largest absolute Gasteiger partial charge is 0.382 e. The van der Waals surface area contributed by atoms with Gasteiger partial charge in [-0.05, 0) is 80.6 Å². The van der Waals surface area contributed by atoms with Crippen LogP contribution < -0.4 is 11.1 Å². The van der Waals surface area contributed by atoms with Crippen molar-refractivity contribution in [2.24, 2.45) is 5.73 Å². The summed E-state index contributed by atoms with van der Waals surface area (Å²) in [6, 6.07) is 12.6. The van der Waals surface area contributed by atoms with Crippen LogP contribution in [0, 0.1) is 27.7 Å². The minimum absolute atomic E-state index is 0.427. The number of aryl methyl sites for hydroxylation is 4. The SMILES string of the molecule is CCCOCCOCCN.COCCOCCNc1ncnc2c1cnn2-c1cc(C)cc(C)c1.Cc1cc(C)cc(-n2ncc3c(Cl)ncnc32)c1. The van der Waals surface area contributed by atoms with Crippen LogP contribution in [0.4, 0.5) is 5.82 Å². The van der Waals surface area contributed by atoms with Crippen molar-refractivity contribution in [3.63, 3.8) is 0 Å². The first-order valence-corrected chi connectivity index (χ1v) is 18.0. The van der Waals surface area contributed by atoms with Crippen LogP contribution in [0.3, 0.4) is 0 Å². The number of ether oxygens (including phenoxy) is 4. The fourth-order valence-electron chi connectivity index (χ4n) is 5.36. The van der Waals surface area contributed by atoms with E-state index in [-0.39, 0.29) is 0 Å². The van der Waals surface area contributed by atoms with Gasteiger partial charge < -0.3 is 30.0 Å². The van der Waals surface area contributed by atoms with E-state index in [1.54, 1.807) is 30.5 Å². The molecule has 0 aliphatic rings. The average molecular weight is 747 g/mol. The molecule has 0 radical (unpaired) electrons. The molecule has 0 spiro atoms. The lowest BCUT2D eigenvalue weighted by atomic mass is 10.1. The first-order chi connectivity index (χ1) is 25.7. The summed E-state index contributed by atoms with van der Waals surface area (Å²) in [4.78, 5) is 16.9. The number of rotatable bonds is 16. The van der Waals surface area contributed by atoms with Crippen LogP contribution in [0.25, 0.3) is 33.4 Å². The number of nitrogens with one attached hydrogen (secondary N) is 1. The Bertz CT molecular complexity index is 1950. The fourth-order valence-corrected chi connectivity index (χ4v) is 5.54. The molecule has 6 aromatic rings. The topological polar surface area (TPSA) is 162 Å². The second kappa shape index (κ2) is 21.8. The van der Waals surface area contributed by atoms with Crippen LogP contribution in [0.1, 0.15) is 35.6 Å². The predicted octanol–water partition coefficient (Wildman–Crippen LogP) is 5.98. The Morgan fingerprint density at radius 3 is 1.72 bits per heavy atom. The van der Waals surface area contributed by atoms with Crippen molar-refractivity contribution in [1.29, 1.82) is 0 Å². The van der Waals surface area contributed by atoms with E-state index >= 15 is 0 Å². The summed E-state index contributed by atoms with van der Waals surface area (Å²) in [5, 5.41) is 14.2. The zero-order valence-electron chi connectivity index (χ0n) is 31.5. The number of nitrogens with zero attached hydrogens (tertiary/aromatic N) is 8. The van der Waals surface area contributed by atoms with Crippen LogP contribution in [-0.4, -0.2) is 106 Å². The van der Waals surface area contributed by atoms with Gasteiger partial charge in [0, 0.05) is 26.8 Å². The molecule has 2 aromatic carbocycles. The van der Waals surface area contributed by atoms with Crippen LogP contribution >= 0.6 is 11.6 Å². The van der Waals surface area contributed by atoms with Crippen molar-refractivity contribution >= 4 is 39.5 Å². The molecule has 0 unspecified atom stereocenters. The molecule has 4 heterocycles. The normalized spacial score (nSPS) is 10.9. The molecule has 0 bridgehead atoms. The number of hydrogen-bond donors (Lipinski definition) is 2. The standard InChI is InChI=1S/C18H23N5O2.C13H11ClN4.C7H17NO2/c1-13-8-14(2)10-15(9-13)23-18-16(11-22-23)17(20-12-21-18)19-4-5-25-7-6-24-3;1-8-3-9(2)5-10(4-8)18-13-11(6-17-18)12(14)15-7-16-13;1-2-4-9-6-7-10-5-3-8/h8-12H,4-7H2,1-3H3,(H,19,20,21);3-7H,1-2H3;2-8H2,1H3. The van der Waals surface area contributed by atoms with Crippen molar-refractivity contribution in [3.8, 4) is 11.4 Å². The number of aromatic nitrogens is 8. The van der Waals surface area contributed by atoms with Crippen molar-refractivity contribution in [2.75, 3.05) is 71.8 Å². The minimum atomic E-state index is 0.427. The van der Waals surface area contributed by atoms with Gasteiger partial charge in [0.1, 0.15) is 23.6 Å². The second-order valence-corrected chi connectivity index (χ2v) is 12.6. The van der Waals surface area contributed by atoms with E-state index in [1.807, 2.05) is 4.68 Å². The summed E-state index contributed by atoms with van der Waals surface area (Å²) in [7, 11) is 1.66. The lowest BCUT2D eigenvalue weighted by Gasteiger charge is -2.08. The highest BCUT2D eigenvalue weighted by Gasteiger charge is 2.12. The lowest BCUT2D eigenvalue weighted by Crippen LogP contribution is -2.13. The molecular weight excluding hydrogens is 696 g/mol. The van der Waals surface area contributed by atoms with E-state index in [0.717, 1.165) is 52.3 Å². The Morgan fingerprint density at radius 2 is 1.15 bits per heavy atom. The first-order valence-electron chi connectivity index (χ1n) is 17.6. The van der Waals surface area contributed by atoms with E-state index in [9.17, 15) is 0 Å². The highest BCUT2D eigenvalue weighted by atomic mass is 35.5. The number of methoxy groups -OCH3 is 1. The molecule has 284 valence electrons. The smallest absolute Gasteiger partial charge is 0.168 e. The Balaban J connectivity index is 0.000000195. The summed E-state index contributed by atoms with van der Waals surface area (Å²) < 4.78 is 24.3. The molecule has 53 heavy (non-hydrogen) atoms. The van der Waals surface area contributed by atoms with E-state index in [2.05, 4.69) is 106 Å². The maximum Gasteiger partial charge on any atom is 0.168 e. The molecule has 3 N–H and O–H groups in total. The molecule has 15 heteroatoms. The zero-order chi connectivity index (χ0) is 38.0. The van der Waals surface area contributed by atoms with Crippen LogP contribution in [0.5, 0.6) is 0 Å². The van der Waals surface area contributed by atoms with Crippen LogP contribution in [0.2, 0.25) is 5.15 Å². The Hall–Kier alpha value is -4.57. The molecule has 6 rings (SSSR count). The van der Waals surface area contributed by atoms with Crippen molar-refractivity contribution in [1.82, 2.24) is 39.5 Å². The Morgan fingerprint density at radius 1 is 0.642 bits per heavy atom. The minimum Gasteiger partial charge on any atom is -0.382 e. The molecule has 0 saturated heterocycles. The van der Waals surface area contributed by atoms with Gasteiger partial charge in [0.25, 0.3) is 0 Å². The lowest BCUT2D eigenvalue weighted by molar-refractivity contribution is 0.0510. The van der Waals surface area contributed by atoms with Gasteiger partial charge in [-0.3, -0.25) is 0 Å². The van der Waals surface area contributed by atoms with Gasteiger partial charge in [-0.25, -0.2) is 29.3 Å². The third-order valence-electron chi connectivity index (χ3n) is 7.54. The van der Waals surface area contributed by atoms with Gasteiger partial charge in [0.15, 0.2) is 11.3 Å². The second-order valence-electron chi connectivity index (χ2n) is 12.2. The Kier molecular flexibility index (Phi) is 17.0. The third-order valence-corrected chi connectivity index (χ3v) is 7.84. The number of hydrogen-bond acceptors (Lipinski definition) is 12. The maximum absolute atomic E-state index is 6.02. The predicted molar refractivity (Wildman–Crippen MR) is 209 cm³/mol. The highest BCUT2D eigenvalue weighted by molar-refractivity contribution is 6.33. The van der Waals surface area contributed by atoms with Crippen molar-refractivity contribution in [2.45, 2.75) is 41.0 Å². The summed E-state index contributed by atoms with van der Waals surface area (Å²) in [5.41, 5.74) is 13.5.